The summed E-state index contributed by atoms with van der Waals surface area (Å²) in [6, 6.07) is 11.7. The molecule has 2 aromatic rings. The van der Waals surface area contributed by atoms with Gasteiger partial charge in [-0.05, 0) is 43.7 Å². The highest BCUT2D eigenvalue weighted by Crippen LogP contribution is 2.31. The molecule has 2 atom stereocenters. The molecule has 1 saturated heterocycles. The Morgan fingerprint density at radius 1 is 1.18 bits per heavy atom. The Balaban J connectivity index is 1.66. The Bertz CT molecular complexity index is 878. The maximum Gasteiger partial charge on any atom is 0.416 e. The van der Waals surface area contributed by atoms with Crippen LogP contribution in [0.1, 0.15) is 36.1 Å². The van der Waals surface area contributed by atoms with E-state index in [1.54, 1.807) is 17.9 Å². The van der Waals surface area contributed by atoms with E-state index in [1.165, 1.54) is 6.07 Å². The topological polar surface area (TPSA) is 49.4 Å². The number of aryl methyl sites for hydroxylation is 1. The molecule has 7 heteroatoms. The van der Waals surface area contributed by atoms with E-state index in [0.717, 1.165) is 23.4 Å². The molecule has 0 radical (unpaired) electrons. The van der Waals surface area contributed by atoms with Crippen LogP contribution in [0.2, 0.25) is 0 Å². The van der Waals surface area contributed by atoms with Crippen molar-refractivity contribution in [3.05, 3.63) is 65.2 Å². The molecular weight excluding hydrogens is 369 g/mol. The van der Waals surface area contributed by atoms with Crippen molar-refractivity contribution in [2.45, 2.75) is 32.5 Å². The van der Waals surface area contributed by atoms with Crippen LogP contribution in [0.25, 0.3) is 0 Å². The molecule has 2 amide bonds. The summed E-state index contributed by atoms with van der Waals surface area (Å²) in [5, 5.41) is 2.73. The lowest BCUT2D eigenvalue weighted by molar-refractivity contribution is -0.137. The van der Waals surface area contributed by atoms with Crippen LogP contribution in [0, 0.1) is 12.8 Å². The number of nitrogens with one attached hydrogen (secondary N) is 1. The normalized spacial score (nSPS) is 18.2. The predicted molar refractivity (Wildman–Crippen MR) is 99.6 cm³/mol. The number of halogens is 3. The van der Waals surface area contributed by atoms with Crippen LogP contribution < -0.4 is 10.2 Å². The molecule has 2 aromatic carbocycles. The van der Waals surface area contributed by atoms with Crippen LogP contribution in [0.15, 0.2) is 48.5 Å². The van der Waals surface area contributed by atoms with E-state index in [-0.39, 0.29) is 24.8 Å². The Kier molecular flexibility index (Phi) is 5.45. The average Bonchev–Trinajstić information content (AvgIpc) is 3.03. The van der Waals surface area contributed by atoms with Gasteiger partial charge in [-0.25, -0.2) is 0 Å². The van der Waals surface area contributed by atoms with Gasteiger partial charge in [0, 0.05) is 18.7 Å². The molecule has 148 valence electrons. The summed E-state index contributed by atoms with van der Waals surface area (Å²) in [6.45, 7) is 3.83. The molecule has 0 aromatic heterocycles. The highest BCUT2D eigenvalue weighted by Gasteiger charge is 2.36. The fourth-order valence-corrected chi connectivity index (χ4v) is 3.26. The van der Waals surface area contributed by atoms with E-state index in [1.807, 2.05) is 31.2 Å². The summed E-state index contributed by atoms with van der Waals surface area (Å²) < 4.78 is 38.6. The van der Waals surface area contributed by atoms with E-state index in [9.17, 15) is 22.8 Å². The molecule has 4 nitrogen and oxygen atoms in total. The first kappa shape index (κ1) is 19.9. The lowest BCUT2D eigenvalue weighted by Gasteiger charge is -2.19. The standard InChI is InChI=1S/C21H21F3N2O2/c1-13-6-8-18(9-7-13)26-12-16(11-19(26)27)20(28)25-14(2)15-4-3-5-17(10-15)21(22,23)24/h3-10,14,16H,11-12H2,1-2H3,(H,25,28). The van der Waals surface area contributed by atoms with E-state index in [0.29, 0.717) is 5.56 Å². The Morgan fingerprint density at radius 3 is 2.50 bits per heavy atom. The number of benzene rings is 2. The third kappa shape index (κ3) is 4.35. The van der Waals surface area contributed by atoms with Crippen molar-refractivity contribution in [1.82, 2.24) is 5.32 Å². The van der Waals surface area contributed by atoms with Gasteiger partial charge in [-0.15, -0.1) is 0 Å². The number of anilines is 1. The second-order valence-electron chi connectivity index (χ2n) is 7.09. The molecule has 1 fully saturated rings. The van der Waals surface area contributed by atoms with Gasteiger partial charge >= 0.3 is 6.18 Å². The monoisotopic (exact) mass is 390 g/mol. The van der Waals surface area contributed by atoms with Crippen molar-refractivity contribution in [2.24, 2.45) is 5.92 Å². The minimum atomic E-state index is -4.44. The van der Waals surface area contributed by atoms with Crippen molar-refractivity contribution in [3.63, 3.8) is 0 Å². The lowest BCUT2D eigenvalue weighted by Crippen LogP contribution is -2.34. The van der Waals surface area contributed by atoms with E-state index in [2.05, 4.69) is 5.32 Å². The number of hydrogen-bond acceptors (Lipinski definition) is 2. The minimum absolute atomic E-state index is 0.0784. The number of carbonyl (C=O) groups is 2. The Morgan fingerprint density at radius 2 is 1.86 bits per heavy atom. The maximum atomic E-state index is 12.9. The van der Waals surface area contributed by atoms with Crippen LogP contribution in [-0.4, -0.2) is 18.4 Å². The predicted octanol–water partition coefficient (Wildman–Crippen LogP) is 4.24. The number of hydrogen-bond donors (Lipinski definition) is 1. The Labute approximate surface area is 161 Å². The first-order valence-electron chi connectivity index (χ1n) is 8.99. The van der Waals surface area contributed by atoms with Gasteiger partial charge in [0.05, 0.1) is 17.5 Å². The van der Waals surface area contributed by atoms with Crippen LogP contribution in [0.3, 0.4) is 0 Å². The molecule has 1 N–H and O–H groups in total. The molecule has 0 aliphatic carbocycles. The van der Waals surface area contributed by atoms with Crippen LogP contribution in [0.5, 0.6) is 0 Å². The molecule has 0 spiro atoms. The molecule has 0 bridgehead atoms. The summed E-state index contributed by atoms with van der Waals surface area (Å²) in [6.07, 6.45) is -4.36. The lowest BCUT2D eigenvalue weighted by atomic mass is 10.0. The summed E-state index contributed by atoms with van der Waals surface area (Å²) in [4.78, 5) is 26.4. The highest BCUT2D eigenvalue weighted by molar-refractivity contribution is 6.00. The van der Waals surface area contributed by atoms with Crippen LogP contribution in [0.4, 0.5) is 18.9 Å². The molecule has 0 saturated carbocycles. The van der Waals surface area contributed by atoms with Gasteiger partial charge in [-0.3, -0.25) is 9.59 Å². The Hall–Kier alpha value is -2.83. The summed E-state index contributed by atoms with van der Waals surface area (Å²) in [5.41, 5.74) is 1.41. The van der Waals surface area contributed by atoms with Gasteiger partial charge in [-0.1, -0.05) is 29.8 Å². The zero-order chi connectivity index (χ0) is 20.5. The van der Waals surface area contributed by atoms with Gasteiger partial charge < -0.3 is 10.2 Å². The average molecular weight is 390 g/mol. The maximum absolute atomic E-state index is 12.9. The highest BCUT2D eigenvalue weighted by atomic mass is 19.4. The third-order valence-corrected chi connectivity index (χ3v) is 4.91. The van der Waals surface area contributed by atoms with E-state index >= 15 is 0 Å². The number of carbonyl (C=O) groups excluding carboxylic acids is 2. The summed E-state index contributed by atoms with van der Waals surface area (Å²) >= 11 is 0. The number of alkyl halides is 3. The van der Waals surface area contributed by atoms with Crippen molar-refractivity contribution in [3.8, 4) is 0 Å². The molecule has 3 rings (SSSR count). The van der Waals surface area contributed by atoms with Crippen molar-refractivity contribution < 1.29 is 22.8 Å². The van der Waals surface area contributed by atoms with Gasteiger partial charge in [0.1, 0.15) is 0 Å². The molecule has 1 heterocycles. The number of amides is 2. The van der Waals surface area contributed by atoms with E-state index < -0.39 is 23.7 Å². The molecule has 2 unspecified atom stereocenters. The van der Waals surface area contributed by atoms with Crippen LogP contribution >= 0.6 is 0 Å². The minimum Gasteiger partial charge on any atom is -0.349 e. The summed E-state index contributed by atoms with van der Waals surface area (Å²) in [5.74, 6) is -1.02. The molecule has 1 aliphatic heterocycles. The fourth-order valence-electron chi connectivity index (χ4n) is 3.26. The first-order valence-corrected chi connectivity index (χ1v) is 8.99. The van der Waals surface area contributed by atoms with Gasteiger partial charge in [0.15, 0.2) is 0 Å². The van der Waals surface area contributed by atoms with Crippen molar-refractivity contribution in [1.29, 1.82) is 0 Å². The summed E-state index contributed by atoms with van der Waals surface area (Å²) in [7, 11) is 0. The zero-order valence-corrected chi connectivity index (χ0v) is 15.6. The fraction of sp³-hybridized carbons (Fsp3) is 0.333. The number of rotatable bonds is 4. The SMILES string of the molecule is Cc1ccc(N2CC(C(=O)NC(C)c3cccc(C(F)(F)F)c3)CC2=O)cc1. The van der Waals surface area contributed by atoms with Gasteiger partial charge in [0.25, 0.3) is 0 Å². The third-order valence-electron chi connectivity index (χ3n) is 4.91. The zero-order valence-electron chi connectivity index (χ0n) is 15.6. The van der Waals surface area contributed by atoms with Gasteiger partial charge in [0.2, 0.25) is 11.8 Å². The molecule has 28 heavy (non-hydrogen) atoms. The molecule has 1 aliphatic rings. The van der Waals surface area contributed by atoms with Crippen molar-refractivity contribution >= 4 is 17.5 Å². The molecular formula is C21H21F3N2O2. The quantitative estimate of drug-likeness (QED) is 0.849. The first-order chi connectivity index (χ1) is 13.1. The second-order valence-corrected chi connectivity index (χ2v) is 7.09. The van der Waals surface area contributed by atoms with E-state index in [4.69, 9.17) is 0 Å². The van der Waals surface area contributed by atoms with Crippen molar-refractivity contribution in [2.75, 3.05) is 11.4 Å². The largest absolute Gasteiger partial charge is 0.416 e. The second kappa shape index (κ2) is 7.66. The smallest absolute Gasteiger partial charge is 0.349 e. The number of nitrogens with zero attached hydrogens (tertiary/aromatic N) is 1. The van der Waals surface area contributed by atoms with Gasteiger partial charge in [-0.2, -0.15) is 13.2 Å². The van der Waals surface area contributed by atoms with Crippen LogP contribution in [-0.2, 0) is 15.8 Å².